The summed E-state index contributed by atoms with van der Waals surface area (Å²) in [6.45, 7) is 8.84. The van der Waals surface area contributed by atoms with Crippen LogP contribution in [0, 0.1) is 5.82 Å². The summed E-state index contributed by atoms with van der Waals surface area (Å²) in [7, 11) is 0. The van der Waals surface area contributed by atoms with Crippen LogP contribution in [0.15, 0.2) is 30.6 Å². The van der Waals surface area contributed by atoms with Crippen LogP contribution in [0.2, 0.25) is 0 Å². The third kappa shape index (κ3) is 2.29. The first kappa shape index (κ1) is 11.6. The molecule has 0 fully saturated rings. The fourth-order valence-electron chi connectivity index (χ4n) is 1.58. The van der Waals surface area contributed by atoms with Gasteiger partial charge in [0.25, 0.3) is 0 Å². The summed E-state index contributed by atoms with van der Waals surface area (Å²) >= 11 is 0. The van der Waals surface area contributed by atoms with Crippen molar-refractivity contribution < 1.29 is 4.39 Å². The molecule has 0 spiro atoms. The maximum Gasteiger partial charge on any atom is 0.128 e. The Morgan fingerprint density at radius 2 is 2.07 bits per heavy atom. The van der Waals surface area contributed by atoms with Gasteiger partial charge in [0.05, 0.1) is 5.82 Å². The number of hydrogen-bond acceptors (Lipinski definition) is 2. The van der Waals surface area contributed by atoms with Crippen LogP contribution < -0.4 is 5.73 Å². The highest BCUT2D eigenvalue weighted by Crippen LogP contribution is 2.25. The van der Waals surface area contributed by atoms with Crippen LogP contribution in [0.3, 0.4) is 0 Å². The van der Waals surface area contributed by atoms with Gasteiger partial charge < -0.3 is 10.6 Å². The maximum absolute atomic E-state index is 13.2. The Kier molecular flexibility index (Phi) is 3.72. The van der Waals surface area contributed by atoms with Crippen molar-refractivity contribution in [2.24, 2.45) is 5.73 Å². The second kappa shape index (κ2) is 4.82. The molecule has 1 aromatic rings. The van der Waals surface area contributed by atoms with E-state index in [0.717, 1.165) is 11.1 Å². The molecule has 0 unspecified atom stereocenters. The van der Waals surface area contributed by atoms with Gasteiger partial charge in [-0.2, -0.15) is 0 Å². The third-order valence-electron chi connectivity index (χ3n) is 2.33. The predicted octanol–water partition coefficient (Wildman–Crippen LogP) is 2.60. The highest BCUT2D eigenvalue weighted by molar-refractivity contribution is 5.32. The van der Waals surface area contributed by atoms with E-state index in [1.807, 2.05) is 24.8 Å². The first-order chi connectivity index (χ1) is 7.18. The Labute approximate surface area is 90.2 Å². The largest absolute Gasteiger partial charge is 0.386 e. The summed E-state index contributed by atoms with van der Waals surface area (Å²) in [5, 5.41) is 0. The lowest BCUT2D eigenvalue weighted by Crippen LogP contribution is -2.20. The normalized spacial score (nSPS) is 12.9. The van der Waals surface area contributed by atoms with Gasteiger partial charge in [-0.3, -0.25) is 0 Å². The second-order valence-electron chi connectivity index (χ2n) is 3.22. The smallest absolute Gasteiger partial charge is 0.128 e. The summed E-state index contributed by atoms with van der Waals surface area (Å²) in [4.78, 5) is 1.85. The second-order valence-corrected chi connectivity index (χ2v) is 3.22. The summed E-state index contributed by atoms with van der Waals surface area (Å²) < 4.78 is 13.2. The summed E-state index contributed by atoms with van der Waals surface area (Å²) in [6, 6.07) is 5.11. The Bertz CT molecular complexity index is 361. The van der Waals surface area contributed by atoms with Crippen molar-refractivity contribution in [3.63, 3.8) is 0 Å². The van der Waals surface area contributed by atoms with E-state index in [9.17, 15) is 4.39 Å². The number of nitrogens with zero attached hydrogens (tertiary/aromatic N) is 1. The molecule has 0 bridgehead atoms. The molecular weight excluding hydrogens is 191 g/mol. The molecule has 15 heavy (non-hydrogen) atoms. The van der Waals surface area contributed by atoms with Crippen LogP contribution in [-0.2, 0) is 13.1 Å². The first-order valence-corrected chi connectivity index (χ1v) is 5.14. The number of fused-ring (bicyclic) bond motifs is 1. The molecule has 0 aromatic heterocycles. The topological polar surface area (TPSA) is 29.3 Å². The van der Waals surface area contributed by atoms with Crippen molar-refractivity contribution >= 4 is 0 Å². The molecule has 0 radical (unpaired) electrons. The summed E-state index contributed by atoms with van der Waals surface area (Å²) in [6.07, 6.45) is 0. The molecule has 0 amide bonds. The number of nitrogens with two attached hydrogens (primary N) is 1. The molecule has 1 aliphatic rings. The van der Waals surface area contributed by atoms with Crippen molar-refractivity contribution in [2.45, 2.75) is 26.9 Å². The van der Waals surface area contributed by atoms with E-state index in [1.54, 1.807) is 6.07 Å². The molecule has 1 heterocycles. The van der Waals surface area contributed by atoms with E-state index < -0.39 is 0 Å². The lowest BCUT2D eigenvalue weighted by atomic mass is 10.1. The average Bonchev–Trinajstić information content (AvgIpc) is 2.66. The fraction of sp³-hybridized carbons (Fsp3) is 0.333. The molecule has 3 heteroatoms. The molecule has 0 atom stereocenters. The first-order valence-electron chi connectivity index (χ1n) is 5.14. The van der Waals surface area contributed by atoms with Crippen molar-refractivity contribution in [3.05, 3.63) is 47.5 Å². The fourth-order valence-corrected chi connectivity index (χ4v) is 1.58. The van der Waals surface area contributed by atoms with Gasteiger partial charge in [-0.15, -0.1) is 0 Å². The zero-order valence-corrected chi connectivity index (χ0v) is 9.26. The van der Waals surface area contributed by atoms with Gasteiger partial charge in [-0.05, 0) is 11.6 Å². The van der Waals surface area contributed by atoms with E-state index in [-0.39, 0.29) is 5.82 Å². The van der Waals surface area contributed by atoms with Crippen LogP contribution in [-0.4, -0.2) is 4.90 Å². The van der Waals surface area contributed by atoms with Crippen molar-refractivity contribution in [1.29, 1.82) is 0 Å². The highest BCUT2D eigenvalue weighted by Gasteiger charge is 2.21. The zero-order valence-electron chi connectivity index (χ0n) is 9.26. The Morgan fingerprint density at radius 1 is 1.40 bits per heavy atom. The number of benzene rings is 1. The minimum Gasteiger partial charge on any atom is -0.386 e. The van der Waals surface area contributed by atoms with E-state index >= 15 is 0 Å². The number of hydrogen-bond donors (Lipinski definition) is 1. The molecule has 0 saturated heterocycles. The molecular formula is C12H17FN2. The molecule has 2 nitrogen and oxygen atoms in total. The highest BCUT2D eigenvalue weighted by atomic mass is 19.1. The minimum absolute atomic E-state index is 0.152. The van der Waals surface area contributed by atoms with Crippen LogP contribution in [0.25, 0.3) is 0 Å². The van der Waals surface area contributed by atoms with Gasteiger partial charge in [0.1, 0.15) is 5.82 Å². The molecule has 1 aliphatic heterocycles. The SMILES string of the molecule is C=C(N)N1Cc2cccc(F)c2C1.CC. The molecule has 82 valence electrons. The van der Waals surface area contributed by atoms with Crippen LogP contribution >= 0.6 is 0 Å². The van der Waals surface area contributed by atoms with Crippen molar-refractivity contribution in [2.75, 3.05) is 0 Å². The predicted molar refractivity (Wildman–Crippen MR) is 60.3 cm³/mol. The van der Waals surface area contributed by atoms with Crippen molar-refractivity contribution in [1.82, 2.24) is 4.90 Å². The van der Waals surface area contributed by atoms with Crippen LogP contribution in [0.5, 0.6) is 0 Å². The maximum atomic E-state index is 13.2. The molecule has 2 rings (SSSR count). The lowest BCUT2D eigenvalue weighted by Gasteiger charge is -2.15. The number of rotatable bonds is 1. The lowest BCUT2D eigenvalue weighted by molar-refractivity contribution is 0.357. The summed E-state index contributed by atoms with van der Waals surface area (Å²) in [5.41, 5.74) is 7.29. The Morgan fingerprint density at radius 3 is 2.60 bits per heavy atom. The summed E-state index contributed by atoms with van der Waals surface area (Å²) in [5.74, 6) is 0.344. The van der Waals surface area contributed by atoms with Crippen molar-refractivity contribution in [3.8, 4) is 0 Å². The average molecular weight is 208 g/mol. The Hall–Kier alpha value is -1.51. The van der Waals surface area contributed by atoms with Crippen LogP contribution in [0.4, 0.5) is 4.39 Å². The van der Waals surface area contributed by atoms with E-state index in [2.05, 4.69) is 6.58 Å². The van der Waals surface area contributed by atoms with Gasteiger partial charge in [0.2, 0.25) is 0 Å². The van der Waals surface area contributed by atoms with E-state index in [1.165, 1.54) is 6.07 Å². The quantitative estimate of drug-likeness (QED) is 0.768. The Balaban J connectivity index is 0.000000531. The van der Waals surface area contributed by atoms with Crippen LogP contribution in [0.1, 0.15) is 25.0 Å². The monoisotopic (exact) mass is 208 g/mol. The molecule has 2 N–H and O–H groups in total. The van der Waals surface area contributed by atoms with Gasteiger partial charge in [0, 0.05) is 18.7 Å². The molecule has 1 aromatic carbocycles. The van der Waals surface area contributed by atoms with Gasteiger partial charge in [-0.25, -0.2) is 4.39 Å². The van der Waals surface area contributed by atoms with Gasteiger partial charge in [-0.1, -0.05) is 32.6 Å². The number of halogens is 1. The van der Waals surface area contributed by atoms with E-state index in [0.29, 0.717) is 18.9 Å². The van der Waals surface area contributed by atoms with Gasteiger partial charge >= 0.3 is 0 Å². The molecule has 0 saturated carbocycles. The van der Waals surface area contributed by atoms with E-state index in [4.69, 9.17) is 5.73 Å². The standard InChI is InChI=1S/C10H11FN2.C2H6/c1-7(12)13-5-8-3-2-4-10(11)9(8)6-13;1-2/h2-4H,1,5-6,12H2;1-2H3. The third-order valence-corrected chi connectivity index (χ3v) is 2.33. The molecule has 0 aliphatic carbocycles. The minimum atomic E-state index is -0.152. The van der Waals surface area contributed by atoms with Gasteiger partial charge in [0.15, 0.2) is 0 Å². The zero-order chi connectivity index (χ0) is 11.4.